The highest BCUT2D eigenvalue weighted by atomic mass is 16.2. The molecule has 0 saturated carbocycles. The van der Waals surface area contributed by atoms with E-state index in [4.69, 9.17) is 0 Å². The largest absolute Gasteiger partial charge is 0.326 e. The molecule has 2 amide bonds. The van der Waals surface area contributed by atoms with Crippen molar-refractivity contribution < 1.29 is 9.59 Å². The number of hydrogen-bond acceptors (Lipinski definition) is 2. The van der Waals surface area contributed by atoms with E-state index >= 15 is 0 Å². The molecule has 0 saturated heterocycles. The summed E-state index contributed by atoms with van der Waals surface area (Å²) in [7, 11) is 0. The monoisotopic (exact) mass is 338 g/mol. The van der Waals surface area contributed by atoms with Crippen molar-refractivity contribution in [1.29, 1.82) is 0 Å². The summed E-state index contributed by atoms with van der Waals surface area (Å²) in [4.78, 5) is 25.8. The lowest BCUT2D eigenvalue weighted by molar-refractivity contribution is -0.117. The zero-order valence-electron chi connectivity index (χ0n) is 15.4. The second kappa shape index (κ2) is 8.47. The fourth-order valence-corrected chi connectivity index (χ4v) is 2.62. The number of aryl methyl sites for hydroxylation is 3. The van der Waals surface area contributed by atoms with E-state index in [-0.39, 0.29) is 18.2 Å². The van der Waals surface area contributed by atoms with E-state index in [0.717, 1.165) is 23.4 Å². The molecular formula is C21H26N2O2. The molecule has 1 N–H and O–H groups in total. The number of carbonyl (C=O) groups excluding carboxylic acids is 2. The van der Waals surface area contributed by atoms with Gasteiger partial charge in [0.2, 0.25) is 11.8 Å². The minimum absolute atomic E-state index is 0.0663. The third kappa shape index (κ3) is 5.18. The number of hydrogen-bond donors (Lipinski definition) is 1. The number of carbonyl (C=O) groups is 2. The van der Waals surface area contributed by atoms with E-state index in [1.165, 1.54) is 18.1 Å². The maximum Gasteiger partial charge on any atom is 0.226 e. The number of benzene rings is 2. The van der Waals surface area contributed by atoms with Crippen molar-refractivity contribution in [1.82, 2.24) is 0 Å². The molecule has 2 rings (SSSR count). The summed E-state index contributed by atoms with van der Waals surface area (Å²) < 4.78 is 0. The van der Waals surface area contributed by atoms with Gasteiger partial charge in [-0.3, -0.25) is 9.59 Å². The maximum atomic E-state index is 12.2. The van der Waals surface area contributed by atoms with Crippen LogP contribution < -0.4 is 10.2 Å². The Kier molecular flexibility index (Phi) is 6.34. The molecule has 2 aromatic carbocycles. The molecule has 0 spiro atoms. The van der Waals surface area contributed by atoms with Crippen molar-refractivity contribution in [3.05, 3.63) is 59.2 Å². The van der Waals surface area contributed by atoms with Crippen molar-refractivity contribution in [2.45, 2.75) is 40.5 Å². The van der Waals surface area contributed by atoms with Crippen molar-refractivity contribution in [2.75, 3.05) is 16.8 Å². The molecule has 25 heavy (non-hydrogen) atoms. The Hall–Kier alpha value is -2.62. The van der Waals surface area contributed by atoms with E-state index in [0.29, 0.717) is 6.54 Å². The summed E-state index contributed by atoms with van der Waals surface area (Å²) in [5, 5.41) is 2.88. The third-order valence-corrected chi connectivity index (χ3v) is 4.39. The number of rotatable bonds is 6. The van der Waals surface area contributed by atoms with Gasteiger partial charge in [0, 0.05) is 31.3 Å². The Balaban J connectivity index is 1.99. The van der Waals surface area contributed by atoms with Gasteiger partial charge < -0.3 is 10.2 Å². The number of nitrogens with zero attached hydrogens (tertiary/aromatic N) is 1. The van der Waals surface area contributed by atoms with Crippen molar-refractivity contribution in [3.8, 4) is 0 Å². The maximum absolute atomic E-state index is 12.2. The molecule has 0 aliphatic heterocycles. The van der Waals surface area contributed by atoms with E-state index in [1.54, 1.807) is 4.90 Å². The first kappa shape index (κ1) is 18.7. The second-order valence-corrected chi connectivity index (χ2v) is 6.29. The van der Waals surface area contributed by atoms with Crippen LogP contribution in [0.3, 0.4) is 0 Å². The Morgan fingerprint density at radius 2 is 1.68 bits per heavy atom. The molecule has 0 aliphatic carbocycles. The highest BCUT2D eigenvalue weighted by Crippen LogP contribution is 2.19. The van der Waals surface area contributed by atoms with Crippen LogP contribution in [-0.2, 0) is 16.0 Å². The Bertz CT molecular complexity index is 751. The Morgan fingerprint density at radius 3 is 2.24 bits per heavy atom. The van der Waals surface area contributed by atoms with Crippen LogP contribution in [0, 0.1) is 13.8 Å². The second-order valence-electron chi connectivity index (χ2n) is 6.29. The van der Waals surface area contributed by atoms with E-state index < -0.39 is 0 Å². The Labute approximate surface area is 149 Å². The first-order valence-electron chi connectivity index (χ1n) is 8.65. The van der Waals surface area contributed by atoms with Gasteiger partial charge in [-0.1, -0.05) is 25.1 Å². The molecule has 0 heterocycles. The Morgan fingerprint density at radius 1 is 1.00 bits per heavy atom. The molecular weight excluding hydrogens is 312 g/mol. The summed E-state index contributed by atoms with van der Waals surface area (Å²) >= 11 is 0. The fraction of sp³-hybridized carbons (Fsp3) is 0.333. The predicted octanol–water partition coefficient (Wildman–Crippen LogP) is 4.25. The van der Waals surface area contributed by atoms with Crippen LogP contribution in [0.4, 0.5) is 11.4 Å². The van der Waals surface area contributed by atoms with Gasteiger partial charge in [0.25, 0.3) is 0 Å². The summed E-state index contributed by atoms with van der Waals surface area (Å²) in [6.07, 6.45) is 1.22. The minimum atomic E-state index is -0.0978. The van der Waals surface area contributed by atoms with Crippen molar-refractivity contribution >= 4 is 23.2 Å². The smallest absolute Gasteiger partial charge is 0.226 e. The van der Waals surface area contributed by atoms with Crippen molar-refractivity contribution in [3.63, 3.8) is 0 Å². The van der Waals surface area contributed by atoms with Crippen LogP contribution in [0.2, 0.25) is 0 Å². The van der Waals surface area contributed by atoms with Gasteiger partial charge in [0.1, 0.15) is 0 Å². The summed E-state index contributed by atoms with van der Waals surface area (Å²) in [5.41, 5.74) is 5.15. The average molecular weight is 338 g/mol. The van der Waals surface area contributed by atoms with Crippen LogP contribution in [0.5, 0.6) is 0 Å². The molecule has 0 bridgehead atoms. The average Bonchev–Trinajstić information content (AvgIpc) is 2.58. The highest BCUT2D eigenvalue weighted by Gasteiger charge is 2.14. The number of anilines is 2. The number of nitrogens with one attached hydrogen (secondary N) is 1. The molecule has 0 aromatic heterocycles. The summed E-state index contributed by atoms with van der Waals surface area (Å²) in [6, 6.07) is 13.7. The van der Waals surface area contributed by atoms with Gasteiger partial charge in [-0.2, -0.15) is 0 Å². The lowest BCUT2D eigenvalue weighted by atomic mass is 10.1. The SMILES string of the molecule is CCc1ccc(NC(=O)CCN(C(C)=O)c2ccc(C)c(C)c2)cc1. The quantitative estimate of drug-likeness (QED) is 0.856. The van der Waals surface area contributed by atoms with E-state index in [9.17, 15) is 9.59 Å². The molecule has 0 unspecified atom stereocenters. The fourth-order valence-electron chi connectivity index (χ4n) is 2.62. The summed E-state index contributed by atoms with van der Waals surface area (Å²) in [5.74, 6) is -0.164. The first-order chi connectivity index (χ1) is 11.9. The third-order valence-electron chi connectivity index (χ3n) is 4.39. The standard InChI is InChI=1S/C21H26N2O2/c1-5-18-7-9-19(10-8-18)22-21(25)12-13-23(17(4)24)20-11-6-15(2)16(3)14-20/h6-11,14H,5,12-13H2,1-4H3,(H,22,25). The molecule has 0 aliphatic rings. The molecule has 0 radical (unpaired) electrons. The summed E-state index contributed by atoms with van der Waals surface area (Å²) in [6.45, 7) is 8.03. The van der Waals surface area contributed by atoms with Gasteiger partial charge in [0.15, 0.2) is 0 Å². The lowest BCUT2D eigenvalue weighted by Gasteiger charge is -2.22. The number of amides is 2. The minimum Gasteiger partial charge on any atom is -0.326 e. The van der Waals surface area contributed by atoms with Crippen molar-refractivity contribution in [2.24, 2.45) is 0 Å². The topological polar surface area (TPSA) is 49.4 Å². The van der Waals surface area contributed by atoms with Crippen LogP contribution in [0.15, 0.2) is 42.5 Å². The molecule has 4 nitrogen and oxygen atoms in total. The normalized spacial score (nSPS) is 10.4. The van der Waals surface area contributed by atoms with Crippen LogP contribution in [0.1, 0.15) is 37.0 Å². The van der Waals surface area contributed by atoms with Crippen LogP contribution in [-0.4, -0.2) is 18.4 Å². The van der Waals surface area contributed by atoms with Gasteiger partial charge in [0.05, 0.1) is 0 Å². The molecule has 4 heteroatoms. The highest BCUT2D eigenvalue weighted by molar-refractivity contribution is 5.94. The predicted molar refractivity (Wildman–Crippen MR) is 103 cm³/mol. The van der Waals surface area contributed by atoms with E-state index in [1.807, 2.05) is 56.3 Å². The van der Waals surface area contributed by atoms with Gasteiger partial charge in [-0.15, -0.1) is 0 Å². The molecule has 0 fully saturated rings. The zero-order chi connectivity index (χ0) is 18.4. The molecule has 132 valence electrons. The van der Waals surface area contributed by atoms with Crippen LogP contribution in [0.25, 0.3) is 0 Å². The van der Waals surface area contributed by atoms with Gasteiger partial charge >= 0.3 is 0 Å². The van der Waals surface area contributed by atoms with Crippen LogP contribution >= 0.6 is 0 Å². The lowest BCUT2D eigenvalue weighted by Crippen LogP contribution is -2.32. The van der Waals surface area contributed by atoms with Gasteiger partial charge in [-0.25, -0.2) is 0 Å². The zero-order valence-corrected chi connectivity index (χ0v) is 15.4. The molecule has 0 atom stereocenters. The van der Waals surface area contributed by atoms with E-state index in [2.05, 4.69) is 12.2 Å². The molecule has 2 aromatic rings. The van der Waals surface area contributed by atoms with Gasteiger partial charge in [-0.05, 0) is 61.2 Å². The first-order valence-corrected chi connectivity index (χ1v) is 8.65.